The molecule has 0 unspecified atom stereocenters. The highest BCUT2D eigenvalue weighted by Crippen LogP contribution is 2.25. The van der Waals surface area contributed by atoms with E-state index in [0.29, 0.717) is 0 Å². The van der Waals surface area contributed by atoms with E-state index in [2.05, 4.69) is 10.3 Å². The first-order valence-corrected chi connectivity index (χ1v) is 5.77. The average Bonchev–Trinajstić information content (AvgIpc) is 2.35. The van der Waals surface area contributed by atoms with Crippen LogP contribution >= 0.6 is 23.2 Å². The summed E-state index contributed by atoms with van der Waals surface area (Å²) in [5.74, 6) is -0.487. The number of aromatic nitrogens is 1. The van der Waals surface area contributed by atoms with E-state index >= 15 is 0 Å². The summed E-state index contributed by atoms with van der Waals surface area (Å²) < 4.78 is 0. The van der Waals surface area contributed by atoms with Gasteiger partial charge < -0.3 is 10.3 Å². The van der Waals surface area contributed by atoms with Crippen LogP contribution in [0.3, 0.4) is 0 Å². The van der Waals surface area contributed by atoms with Crippen LogP contribution in [0.4, 0.5) is 5.69 Å². The molecule has 0 saturated carbocycles. The first kappa shape index (κ1) is 12.7. The minimum Gasteiger partial charge on any atom is -0.366 e. The van der Waals surface area contributed by atoms with Gasteiger partial charge in [-0.3, -0.25) is 9.59 Å². The largest absolute Gasteiger partial charge is 0.366 e. The Labute approximate surface area is 113 Å². The van der Waals surface area contributed by atoms with Gasteiger partial charge in [-0.1, -0.05) is 29.3 Å². The van der Waals surface area contributed by atoms with Gasteiger partial charge in [-0.25, -0.2) is 0 Å². The molecule has 0 saturated heterocycles. The number of benzene rings is 1. The molecule has 0 aliphatic carbocycles. The van der Waals surface area contributed by atoms with Crippen LogP contribution in [-0.4, -0.2) is 10.9 Å². The van der Waals surface area contributed by atoms with E-state index in [9.17, 15) is 9.59 Å². The van der Waals surface area contributed by atoms with Gasteiger partial charge >= 0.3 is 0 Å². The van der Waals surface area contributed by atoms with Gasteiger partial charge in [0.25, 0.3) is 5.91 Å². The van der Waals surface area contributed by atoms with Crippen molar-refractivity contribution in [2.45, 2.75) is 0 Å². The fourth-order valence-corrected chi connectivity index (χ4v) is 1.77. The monoisotopic (exact) mass is 282 g/mol. The molecule has 92 valence electrons. The third-order valence-electron chi connectivity index (χ3n) is 2.27. The number of carbonyl (C=O) groups excluding carboxylic acids is 1. The fraction of sp³-hybridized carbons (Fsp3) is 0. The van der Waals surface area contributed by atoms with Gasteiger partial charge in [0.05, 0.1) is 15.6 Å². The van der Waals surface area contributed by atoms with Crippen LogP contribution in [-0.2, 0) is 0 Å². The maximum absolute atomic E-state index is 11.9. The van der Waals surface area contributed by atoms with Gasteiger partial charge in [0.1, 0.15) is 5.69 Å². The molecule has 2 rings (SSSR count). The second kappa shape index (κ2) is 5.25. The van der Waals surface area contributed by atoms with E-state index in [1.165, 1.54) is 24.5 Å². The lowest BCUT2D eigenvalue weighted by Crippen LogP contribution is -2.18. The van der Waals surface area contributed by atoms with E-state index in [1.807, 2.05) is 0 Å². The van der Waals surface area contributed by atoms with Crippen molar-refractivity contribution in [1.82, 2.24) is 4.98 Å². The number of nitrogens with one attached hydrogen (secondary N) is 2. The molecule has 2 aromatic rings. The minimum atomic E-state index is -0.487. The Bertz CT molecular complexity index is 653. The van der Waals surface area contributed by atoms with Crippen molar-refractivity contribution in [3.05, 3.63) is 62.5 Å². The number of H-pyrrole nitrogens is 1. The molecule has 2 N–H and O–H groups in total. The number of carbonyl (C=O) groups is 1. The molecule has 1 aromatic heterocycles. The zero-order valence-corrected chi connectivity index (χ0v) is 10.5. The summed E-state index contributed by atoms with van der Waals surface area (Å²) in [5.41, 5.74) is 0.0752. The Hall–Kier alpha value is -1.78. The smallest absolute Gasteiger partial charge is 0.257 e. The van der Waals surface area contributed by atoms with Gasteiger partial charge in [-0.15, -0.1) is 0 Å². The molecule has 0 bridgehead atoms. The van der Waals surface area contributed by atoms with Crippen molar-refractivity contribution < 1.29 is 4.79 Å². The first-order chi connectivity index (χ1) is 8.59. The molecule has 0 spiro atoms. The van der Waals surface area contributed by atoms with E-state index in [0.717, 1.165) is 0 Å². The molecule has 0 fully saturated rings. The zero-order valence-electron chi connectivity index (χ0n) is 9.04. The van der Waals surface area contributed by atoms with E-state index in [-0.39, 0.29) is 26.7 Å². The normalized spacial score (nSPS) is 10.1. The molecule has 1 aromatic carbocycles. The number of aromatic amines is 1. The molecule has 6 heteroatoms. The lowest BCUT2D eigenvalue weighted by molar-refractivity contribution is 0.102. The summed E-state index contributed by atoms with van der Waals surface area (Å²) in [6.45, 7) is 0. The number of hydrogen-bond acceptors (Lipinski definition) is 2. The summed E-state index contributed by atoms with van der Waals surface area (Å²) in [6, 6.07) is 6.03. The third kappa shape index (κ3) is 2.55. The Morgan fingerprint density at radius 2 is 2.00 bits per heavy atom. The molecule has 18 heavy (non-hydrogen) atoms. The van der Waals surface area contributed by atoms with Crippen molar-refractivity contribution in [2.24, 2.45) is 0 Å². The maximum atomic E-state index is 11.9. The van der Waals surface area contributed by atoms with Crippen LogP contribution in [0.1, 0.15) is 10.4 Å². The Balaban J connectivity index is 2.31. The zero-order chi connectivity index (χ0) is 13.1. The highest BCUT2D eigenvalue weighted by Gasteiger charge is 2.13. The molecule has 0 atom stereocenters. The molecular weight excluding hydrogens is 275 g/mol. The van der Waals surface area contributed by atoms with Gasteiger partial charge in [-0.05, 0) is 12.1 Å². The van der Waals surface area contributed by atoms with Crippen LogP contribution in [0.15, 0.2) is 41.5 Å². The second-order valence-electron chi connectivity index (χ2n) is 3.48. The highest BCUT2D eigenvalue weighted by molar-refractivity contribution is 6.44. The Morgan fingerprint density at radius 1 is 1.22 bits per heavy atom. The van der Waals surface area contributed by atoms with Crippen LogP contribution < -0.4 is 10.7 Å². The quantitative estimate of drug-likeness (QED) is 0.890. The van der Waals surface area contributed by atoms with Crippen LogP contribution in [0.2, 0.25) is 10.0 Å². The molecule has 4 nitrogen and oxygen atoms in total. The Kier molecular flexibility index (Phi) is 3.69. The van der Waals surface area contributed by atoms with Gasteiger partial charge in [0, 0.05) is 18.5 Å². The molecule has 1 heterocycles. The summed E-state index contributed by atoms with van der Waals surface area (Å²) in [7, 11) is 0. The lowest BCUT2D eigenvalue weighted by Gasteiger charge is -2.06. The predicted octanol–water partition coefficient (Wildman–Crippen LogP) is 2.93. The predicted molar refractivity (Wildman–Crippen MR) is 71.5 cm³/mol. The molecule has 1 amide bonds. The van der Waals surface area contributed by atoms with Crippen molar-refractivity contribution in [2.75, 3.05) is 5.32 Å². The standard InChI is InChI=1S/C12H8Cl2N2O2/c13-8-3-1-2-7(11(8)14)12(18)16-9-6-15-5-4-10(9)17/h1-6H,(H,15,17)(H,16,18). The average molecular weight is 283 g/mol. The minimum absolute atomic E-state index is 0.151. The number of anilines is 1. The van der Waals surface area contributed by atoms with Gasteiger partial charge in [-0.2, -0.15) is 0 Å². The summed E-state index contributed by atoms with van der Waals surface area (Å²) >= 11 is 11.7. The molecule has 0 aliphatic heterocycles. The Morgan fingerprint density at radius 3 is 2.72 bits per heavy atom. The maximum Gasteiger partial charge on any atom is 0.257 e. The van der Waals surface area contributed by atoms with Gasteiger partial charge in [0.2, 0.25) is 5.43 Å². The van der Waals surface area contributed by atoms with E-state index < -0.39 is 5.91 Å². The topological polar surface area (TPSA) is 62.0 Å². The second-order valence-corrected chi connectivity index (χ2v) is 4.26. The number of pyridine rings is 1. The highest BCUT2D eigenvalue weighted by atomic mass is 35.5. The van der Waals surface area contributed by atoms with Crippen LogP contribution in [0.5, 0.6) is 0 Å². The van der Waals surface area contributed by atoms with Crippen molar-refractivity contribution in [3.8, 4) is 0 Å². The summed E-state index contributed by atoms with van der Waals surface area (Å²) in [5, 5.41) is 2.91. The molecule has 0 radical (unpaired) electrons. The van der Waals surface area contributed by atoms with Crippen LogP contribution in [0.25, 0.3) is 0 Å². The van der Waals surface area contributed by atoms with Crippen molar-refractivity contribution >= 4 is 34.8 Å². The number of halogens is 2. The van der Waals surface area contributed by atoms with Crippen LogP contribution in [0, 0.1) is 0 Å². The summed E-state index contributed by atoms with van der Waals surface area (Å²) in [6.07, 6.45) is 2.88. The summed E-state index contributed by atoms with van der Waals surface area (Å²) in [4.78, 5) is 26.1. The number of rotatable bonds is 2. The lowest BCUT2D eigenvalue weighted by atomic mass is 10.2. The van der Waals surface area contributed by atoms with E-state index in [1.54, 1.807) is 12.1 Å². The van der Waals surface area contributed by atoms with Gasteiger partial charge in [0.15, 0.2) is 0 Å². The number of amides is 1. The molecule has 0 aliphatic rings. The molecular formula is C12H8Cl2N2O2. The third-order valence-corrected chi connectivity index (χ3v) is 3.09. The number of hydrogen-bond donors (Lipinski definition) is 2. The van der Waals surface area contributed by atoms with Crippen molar-refractivity contribution in [3.63, 3.8) is 0 Å². The van der Waals surface area contributed by atoms with E-state index in [4.69, 9.17) is 23.2 Å². The first-order valence-electron chi connectivity index (χ1n) is 5.02. The van der Waals surface area contributed by atoms with Crippen molar-refractivity contribution in [1.29, 1.82) is 0 Å². The SMILES string of the molecule is O=C(Nc1c[nH]ccc1=O)c1cccc(Cl)c1Cl. The fourth-order valence-electron chi connectivity index (χ4n) is 1.38.